The fraction of sp³-hybridized carbons (Fsp3) is 0.0870. The first kappa shape index (κ1) is 17.5. The van der Waals surface area contributed by atoms with Crippen molar-refractivity contribution in [3.8, 4) is 34.7 Å². The number of methoxy groups -OCH3 is 1. The van der Waals surface area contributed by atoms with E-state index >= 15 is 0 Å². The average Bonchev–Trinajstić information content (AvgIpc) is 3.47. The molecule has 8 heteroatoms. The van der Waals surface area contributed by atoms with Crippen molar-refractivity contribution in [2.45, 2.75) is 5.92 Å². The van der Waals surface area contributed by atoms with Gasteiger partial charge in [0.05, 0.1) is 24.9 Å². The van der Waals surface area contributed by atoms with E-state index in [1.54, 1.807) is 48.5 Å². The zero-order valence-corrected chi connectivity index (χ0v) is 16.4. The van der Waals surface area contributed by atoms with E-state index in [0.29, 0.717) is 28.9 Å². The molecular weight excluding hydrogens is 396 g/mol. The summed E-state index contributed by atoms with van der Waals surface area (Å²) in [7, 11) is 1.64. The number of nitrogens with zero attached hydrogens (tertiary/aromatic N) is 4. The minimum absolute atomic E-state index is 0.115. The Hall–Kier alpha value is -4.33. The van der Waals surface area contributed by atoms with Crippen LogP contribution >= 0.6 is 0 Å². The predicted molar refractivity (Wildman–Crippen MR) is 111 cm³/mol. The van der Waals surface area contributed by atoms with Crippen LogP contribution in [-0.2, 0) is 0 Å². The summed E-state index contributed by atoms with van der Waals surface area (Å²) in [6, 6.07) is 16.5. The van der Waals surface area contributed by atoms with E-state index < -0.39 is 0 Å². The SMILES string of the molecule is COc1ccccc1[C@H]1c2ccc(O)cc2Oc2ncn3nc(-c4ccco4)nc3c21. The van der Waals surface area contributed by atoms with Crippen LogP contribution in [0.2, 0.25) is 0 Å². The third-order valence-corrected chi connectivity index (χ3v) is 5.38. The van der Waals surface area contributed by atoms with E-state index in [4.69, 9.17) is 18.9 Å². The Labute approximate surface area is 176 Å². The normalized spacial score (nSPS) is 14.7. The molecule has 0 saturated heterocycles. The lowest BCUT2D eigenvalue weighted by Crippen LogP contribution is -2.15. The molecule has 0 saturated carbocycles. The number of rotatable bonds is 3. The molecule has 8 nitrogen and oxygen atoms in total. The molecule has 6 rings (SSSR count). The second-order valence-corrected chi connectivity index (χ2v) is 7.14. The summed E-state index contributed by atoms with van der Waals surface area (Å²) < 4.78 is 18.8. The van der Waals surface area contributed by atoms with Crippen LogP contribution in [0.5, 0.6) is 23.1 Å². The zero-order valence-electron chi connectivity index (χ0n) is 16.4. The smallest absolute Gasteiger partial charge is 0.228 e. The summed E-state index contributed by atoms with van der Waals surface area (Å²) in [5, 5.41) is 14.5. The molecule has 0 amide bonds. The van der Waals surface area contributed by atoms with Crippen LogP contribution in [0, 0.1) is 0 Å². The van der Waals surface area contributed by atoms with Crippen LogP contribution in [0.1, 0.15) is 22.6 Å². The summed E-state index contributed by atoms with van der Waals surface area (Å²) in [4.78, 5) is 9.23. The lowest BCUT2D eigenvalue weighted by Gasteiger charge is -2.28. The maximum atomic E-state index is 10.0. The summed E-state index contributed by atoms with van der Waals surface area (Å²) >= 11 is 0. The number of benzene rings is 2. The summed E-state index contributed by atoms with van der Waals surface area (Å²) in [6.45, 7) is 0. The standard InChI is InChI=1S/C23H16N4O4/c1-29-16-6-3-2-5-14(16)19-15-9-8-13(28)11-18(15)31-23-20(19)22-25-21(17-7-4-10-30-17)26-27(22)12-24-23/h2-12,19,28H,1H3/t19-/m0/s1. The number of hydrogen-bond acceptors (Lipinski definition) is 7. The van der Waals surface area contributed by atoms with Crippen molar-refractivity contribution in [2.75, 3.05) is 7.11 Å². The summed E-state index contributed by atoms with van der Waals surface area (Å²) in [5.74, 6) is 2.51. The summed E-state index contributed by atoms with van der Waals surface area (Å²) in [5.41, 5.74) is 3.16. The third kappa shape index (κ3) is 2.65. The first-order valence-corrected chi connectivity index (χ1v) is 9.66. The van der Waals surface area contributed by atoms with Crippen LogP contribution in [0.25, 0.3) is 17.2 Å². The van der Waals surface area contributed by atoms with Gasteiger partial charge in [0.2, 0.25) is 11.7 Å². The highest BCUT2D eigenvalue weighted by Crippen LogP contribution is 2.50. The maximum Gasteiger partial charge on any atom is 0.228 e. The molecule has 0 spiro atoms. The molecule has 4 heterocycles. The average molecular weight is 412 g/mol. The van der Waals surface area contributed by atoms with Crippen molar-refractivity contribution in [2.24, 2.45) is 0 Å². The van der Waals surface area contributed by atoms with E-state index in [2.05, 4.69) is 10.1 Å². The van der Waals surface area contributed by atoms with Gasteiger partial charge >= 0.3 is 0 Å². The van der Waals surface area contributed by atoms with Crippen molar-refractivity contribution in [3.63, 3.8) is 0 Å². The Morgan fingerprint density at radius 1 is 1.06 bits per heavy atom. The molecular formula is C23H16N4O4. The van der Waals surface area contributed by atoms with Gasteiger partial charge in [-0.3, -0.25) is 0 Å². The molecule has 0 radical (unpaired) electrons. The van der Waals surface area contributed by atoms with Crippen molar-refractivity contribution in [1.29, 1.82) is 0 Å². The first-order valence-electron chi connectivity index (χ1n) is 9.66. The molecule has 1 aliphatic rings. The fourth-order valence-electron chi connectivity index (χ4n) is 4.04. The molecule has 5 aromatic rings. The Bertz CT molecular complexity index is 1430. The van der Waals surface area contributed by atoms with E-state index in [0.717, 1.165) is 22.4 Å². The highest BCUT2D eigenvalue weighted by molar-refractivity contribution is 5.69. The number of para-hydroxylation sites is 1. The largest absolute Gasteiger partial charge is 0.508 e. The van der Waals surface area contributed by atoms with Gasteiger partial charge in [-0.2, -0.15) is 0 Å². The van der Waals surface area contributed by atoms with Gasteiger partial charge in [-0.15, -0.1) is 5.10 Å². The number of hydrogen-bond donors (Lipinski definition) is 1. The van der Waals surface area contributed by atoms with Crippen LogP contribution in [-0.4, -0.2) is 31.8 Å². The van der Waals surface area contributed by atoms with E-state index in [-0.39, 0.29) is 11.7 Å². The minimum atomic E-state index is -0.291. The first-order chi connectivity index (χ1) is 15.2. The van der Waals surface area contributed by atoms with Crippen molar-refractivity contribution < 1.29 is 19.0 Å². The van der Waals surface area contributed by atoms with Gasteiger partial charge in [-0.1, -0.05) is 24.3 Å². The molecule has 0 fully saturated rings. The van der Waals surface area contributed by atoms with E-state index in [1.807, 2.05) is 30.3 Å². The van der Waals surface area contributed by atoms with Crippen molar-refractivity contribution in [1.82, 2.24) is 19.6 Å². The topological polar surface area (TPSA) is 94.9 Å². The van der Waals surface area contributed by atoms with E-state index in [9.17, 15) is 5.11 Å². The maximum absolute atomic E-state index is 10.0. The molecule has 3 aromatic heterocycles. The minimum Gasteiger partial charge on any atom is -0.508 e. The number of aromatic nitrogens is 4. The molecule has 0 aliphatic carbocycles. The second-order valence-electron chi connectivity index (χ2n) is 7.14. The van der Waals surface area contributed by atoms with Gasteiger partial charge in [0.15, 0.2) is 11.4 Å². The molecule has 31 heavy (non-hydrogen) atoms. The molecule has 2 aromatic carbocycles. The quantitative estimate of drug-likeness (QED) is 0.461. The number of furan rings is 1. The lowest BCUT2D eigenvalue weighted by molar-refractivity contribution is 0.401. The fourth-order valence-corrected chi connectivity index (χ4v) is 4.04. The number of ether oxygens (including phenoxy) is 2. The second kappa shape index (κ2) is 6.60. The van der Waals surface area contributed by atoms with Crippen LogP contribution < -0.4 is 9.47 Å². The van der Waals surface area contributed by atoms with Gasteiger partial charge < -0.3 is 19.0 Å². The Morgan fingerprint density at radius 3 is 2.81 bits per heavy atom. The summed E-state index contributed by atoms with van der Waals surface area (Å²) in [6.07, 6.45) is 3.14. The number of fused-ring (bicyclic) bond motifs is 4. The van der Waals surface area contributed by atoms with Gasteiger partial charge in [-0.25, -0.2) is 14.5 Å². The van der Waals surface area contributed by atoms with Crippen molar-refractivity contribution in [3.05, 3.63) is 83.9 Å². The van der Waals surface area contributed by atoms with Crippen LogP contribution in [0.4, 0.5) is 0 Å². The Balaban J connectivity index is 1.66. The number of phenols is 1. The Kier molecular flexibility index (Phi) is 3.73. The zero-order chi connectivity index (χ0) is 20.9. The van der Waals surface area contributed by atoms with Gasteiger partial charge in [0.25, 0.3) is 0 Å². The number of phenolic OH excluding ortho intramolecular Hbond substituents is 1. The molecule has 1 aliphatic heterocycles. The van der Waals surface area contributed by atoms with Gasteiger partial charge in [-0.05, 0) is 24.3 Å². The van der Waals surface area contributed by atoms with Crippen molar-refractivity contribution >= 4 is 5.65 Å². The number of aromatic hydroxyl groups is 1. The molecule has 1 N–H and O–H groups in total. The Morgan fingerprint density at radius 2 is 1.97 bits per heavy atom. The molecule has 0 bridgehead atoms. The van der Waals surface area contributed by atoms with Gasteiger partial charge in [0, 0.05) is 17.2 Å². The van der Waals surface area contributed by atoms with Crippen LogP contribution in [0.3, 0.4) is 0 Å². The highest BCUT2D eigenvalue weighted by atomic mass is 16.5. The van der Waals surface area contributed by atoms with Gasteiger partial charge in [0.1, 0.15) is 23.6 Å². The van der Waals surface area contributed by atoms with Crippen LogP contribution in [0.15, 0.2) is 71.6 Å². The monoisotopic (exact) mass is 412 g/mol. The highest BCUT2D eigenvalue weighted by Gasteiger charge is 2.35. The lowest BCUT2D eigenvalue weighted by atomic mass is 9.83. The molecule has 1 atom stereocenters. The predicted octanol–water partition coefficient (Wildman–Crippen LogP) is 4.38. The molecule has 152 valence electrons. The van der Waals surface area contributed by atoms with E-state index in [1.165, 1.54) is 0 Å². The third-order valence-electron chi connectivity index (χ3n) is 5.38. The molecule has 0 unspecified atom stereocenters.